The topological polar surface area (TPSA) is 58.6 Å². The van der Waals surface area contributed by atoms with Gasteiger partial charge >= 0.3 is 0 Å². The lowest BCUT2D eigenvalue weighted by molar-refractivity contribution is -0.137. The summed E-state index contributed by atoms with van der Waals surface area (Å²) in [4.78, 5) is 27.4. The highest BCUT2D eigenvalue weighted by Gasteiger charge is 2.39. The smallest absolute Gasteiger partial charge is 0.278 e. The van der Waals surface area contributed by atoms with E-state index < -0.39 is 29.3 Å². The molecular weight excluding hydrogens is 421 g/mol. The van der Waals surface area contributed by atoms with E-state index in [0.29, 0.717) is 16.9 Å². The molecule has 0 aliphatic carbocycles. The van der Waals surface area contributed by atoms with Crippen LogP contribution < -0.4 is 10.1 Å². The van der Waals surface area contributed by atoms with Crippen molar-refractivity contribution in [1.29, 1.82) is 0 Å². The highest BCUT2D eigenvalue weighted by molar-refractivity contribution is 6.36. The number of hydrogen-bond acceptors (Lipinski definition) is 4. The average Bonchev–Trinajstić information content (AvgIpc) is 3.01. The summed E-state index contributed by atoms with van der Waals surface area (Å²) in [7, 11) is 1.53. The zero-order valence-electron chi connectivity index (χ0n) is 16.9. The molecule has 1 heterocycles. The Hall–Kier alpha value is -4.07. The van der Waals surface area contributed by atoms with Crippen LogP contribution in [0.25, 0.3) is 5.57 Å². The molecular formula is C24H17F3N2O3. The Labute approximate surface area is 181 Å². The molecule has 0 saturated carbocycles. The van der Waals surface area contributed by atoms with Crippen LogP contribution in [0, 0.1) is 17.5 Å². The number of ether oxygens (including phenoxy) is 1. The van der Waals surface area contributed by atoms with Crippen molar-refractivity contribution in [2.45, 2.75) is 6.54 Å². The maximum absolute atomic E-state index is 13.7. The number of carbonyl (C=O) groups excluding carboxylic acids is 2. The summed E-state index contributed by atoms with van der Waals surface area (Å²) >= 11 is 0. The Kier molecular flexibility index (Phi) is 5.68. The number of halogens is 3. The first kappa shape index (κ1) is 21.2. The molecule has 1 aliphatic rings. The van der Waals surface area contributed by atoms with Crippen molar-refractivity contribution in [3.63, 3.8) is 0 Å². The molecule has 0 bridgehead atoms. The Morgan fingerprint density at radius 3 is 2.16 bits per heavy atom. The third kappa shape index (κ3) is 4.07. The van der Waals surface area contributed by atoms with Crippen molar-refractivity contribution < 1.29 is 27.5 Å². The molecule has 1 aliphatic heterocycles. The van der Waals surface area contributed by atoms with Crippen LogP contribution in [0.5, 0.6) is 5.75 Å². The van der Waals surface area contributed by atoms with Gasteiger partial charge < -0.3 is 10.1 Å². The van der Waals surface area contributed by atoms with Crippen molar-refractivity contribution >= 4 is 23.1 Å². The first-order chi connectivity index (χ1) is 15.4. The maximum atomic E-state index is 13.7. The van der Waals surface area contributed by atoms with Crippen LogP contribution >= 0.6 is 0 Å². The molecule has 0 saturated heterocycles. The number of anilines is 1. The van der Waals surface area contributed by atoms with E-state index in [9.17, 15) is 22.8 Å². The SMILES string of the molecule is COc1ccc(CN2C(=O)C(Nc3ccc(F)c(F)c3)=C(c3ccc(F)cc3)C2=O)cc1. The number of nitrogens with zero attached hydrogens (tertiary/aromatic N) is 1. The lowest BCUT2D eigenvalue weighted by Crippen LogP contribution is -2.32. The van der Waals surface area contributed by atoms with Crippen LogP contribution in [-0.4, -0.2) is 23.8 Å². The normalized spacial score (nSPS) is 13.7. The minimum Gasteiger partial charge on any atom is -0.497 e. The molecule has 8 heteroatoms. The molecule has 3 aromatic carbocycles. The molecule has 1 N–H and O–H groups in total. The van der Waals surface area contributed by atoms with E-state index in [1.807, 2.05) is 0 Å². The Balaban J connectivity index is 1.71. The fourth-order valence-corrected chi connectivity index (χ4v) is 3.35. The number of carbonyl (C=O) groups is 2. The van der Waals surface area contributed by atoms with Gasteiger partial charge in [-0.05, 0) is 47.5 Å². The number of imide groups is 1. The number of nitrogens with one attached hydrogen (secondary N) is 1. The van der Waals surface area contributed by atoms with Crippen LogP contribution in [-0.2, 0) is 16.1 Å². The first-order valence-electron chi connectivity index (χ1n) is 9.59. The van der Waals surface area contributed by atoms with Gasteiger partial charge in [0.2, 0.25) is 0 Å². The molecule has 0 unspecified atom stereocenters. The second-order valence-corrected chi connectivity index (χ2v) is 7.06. The average molecular weight is 438 g/mol. The van der Waals surface area contributed by atoms with Gasteiger partial charge in [0.05, 0.1) is 19.2 Å². The van der Waals surface area contributed by atoms with Crippen molar-refractivity contribution in [3.8, 4) is 5.75 Å². The molecule has 162 valence electrons. The Morgan fingerprint density at radius 2 is 1.53 bits per heavy atom. The van der Waals surface area contributed by atoms with E-state index >= 15 is 0 Å². The molecule has 32 heavy (non-hydrogen) atoms. The number of rotatable bonds is 6. The quantitative estimate of drug-likeness (QED) is 0.576. The molecule has 0 aromatic heterocycles. The summed E-state index contributed by atoms with van der Waals surface area (Å²) < 4.78 is 45.5. The van der Waals surface area contributed by atoms with Crippen molar-refractivity contribution in [1.82, 2.24) is 4.90 Å². The molecule has 0 fully saturated rings. The minimum absolute atomic E-state index is 0.00763. The molecule has 0 atom stereocenters. The largest absolute Gasteiger partial charge is 0.497 e. The van der Waals surface area contributed by atoms with Gasteiger partial charge in [0.25, 0.3) is 11.8 Å². The minimum atomic E-state index is -1.11. The first-order valence-corrected chi connectivity index (χ1v) is 9.59. The fraction of sp³-hybridized carbons (Fsp3) is 0.0833. The van der Waals surface area contributed by atoms with E-state index in [2.05, 4.69) is 5.32 Å². The Bertz CT molecular complexity index is 1220. The third-order valence-corrected chi connectivity index (χ3v) is 4.99. The number of hydrogen-bond donors (Lipinski definition) is 1. The molecule has 4 rings (SSSR count). The fourth-order valence-electron chi connectivity index (χ4n) is 3.35. The van der Waals surface area contributed by atoms with Crippen LogP contribution in [0.3, 0.4) is 0 Å². The zero-order chi connectivity index (χ0) is 22.8. The number of amides is 2. The molecule has 0 radical (unpaired) electrons. The summed E-state index contributed by atoms with van der Waals surface area (Å²) in [6.45, 7) is -0.0185. The van der Waals surface area contributed by atoms with Crippen molar-refractivity contribution in [2.24, 2.45) is 0 Å². The van der Waals surface area contributed by atoms with Gasteiger partial charge in [-0.2, -0.15) is 0 Å². The van der Waals surface area contributed by atoms with Gasteiger partial charge in [0.15, 0.2) is 11.6 Å². The van der Waals surface area contributed by atoms with E-state index in [0.717, 1.165) is 17.0 Å². The van der Waals surface area contributed by atoms with Gasteiger partial charge in [0.1, 0.15) is 17.3 Å². The highest BCUT2D eigenvalue weighted by Crippen LogP contribution is 2.32. The van der Waals surface area contributed by atoms with E-state index in [4.69, 9.17) is 4.74 Å². The molecule has 0 spiro atoms. The van der Waals surface area contributed by atoms with E-state index in [1.54, 1.807) is 24.3 Å². The van der Waals surface area contributed by atoms with Crippen molar-refractivity contribution in [2.75, 3.05) is 12.4 Å². The molecule has 5 nitrogen and oxygen atoms in total. The molecule has 2 amide bonds. The van der Waals surface area contributed by atoms with Gasteiger partial charge in [0, 0.05) is 11.8 Å². The molecule has 3 aromatic rings. The zero-order valence-corrected chi connectivity index (χ0v) is 16.9. The number of benzene rings is 3. The van der Waals surface area contributed by atoms with Gasteiger partial charge in [-0.1, -0.05) is 24.3 Å². The van der Waals surface area contributed by atoms with Crippen LogP contribution in [0.2, 0.25) is 0 Å². The second kappa shape index (κ2) is 8.58. The number of methoxy groups -OCH3 is 1. The predicted molar refractivity (Wildman–Crippen MR) is 112 cm³/mol. The van der Waals surface area contributed by atoms with Gasteiger partial charge in [-0.3, -0.25) is 14.5 Å². The Morgan fingerprint density at radius 1 is 0.844 bits per heavy atom. The summed E-state index contributed by atoms with van der Waals surface area (Å²) in [6.07, 6.45) is 0. The van der Waals surface area contributed by atoms with Crippen LogP contribution in [0.1, 0.15) is 11.1 Å². The highest BCUT2D eigenvalue weighted by atomic mass is 19.2. The second-order valence-electron chi connectivity index (χ2n) is 7.06. The summed E-state index contributed by atoms with van der Waals surface area (Å²) in [6, 6.07) is 15.0. The van der Waals surface area contributed by atoms with Gasteiger partial charge in [-0.25, -0.2) is 13.2 Å². The summed E-state index contributed by atoms with van der Waals surface area (Å²) in [5.41, 5.74) is 0.979. The standard InChI is InChI=1S/C24H17F3N2O3/c1-32-18-9-2-14(3-10-18)13-29-23(30)21(15-4-6-16(25)7-5-15)22(24(29)31)28-17-8-11-19(26)20(27)12-17/h2-12,28H,13H2,1H3. The van der Waals surface area contributed by atoms with Crippen LogP contribution in [0.15, 0.2) is 72.4 Å². The predicted octanol–water partition coefficient (Wildman–Crippen LogP) is 4.50. The van der Waals surface area contributed by atoms with E-state index in [1.165, 1.54) is 37.4 Å². The summed E-state index contributed by atoms with van der Waals surface area (Å²) in [5.74, 6) is -3.27. The lowest BCUT2D eigenvalue weighted by atomic mass is 10.0. The maximum Gasteiger partial charge on any atom is 0.278 e. The monoisotopic (exact) mass is 438 g/mol. The van der Waals surface area contributed by atoms with Crippen LogP contribution in [0.4, 0.5) is 18.9 Å². The third-order valence-electron chi connectivity index (χ3n) is 4.99. The van der Waals surface area contributed by atoms with E-state index in [-0.39, 0.29) is 23.5 Å². The summed E-state index contributed by atoms with van der Waals surface area (Å²) in [5, 5.41) is 2.73. The lowest BCUT2D eigenvalue weighted by Gasteiger charge is -2.16. The van der Waals surface area contributed by atoms with Crippen molar-refractivity contribution in [3.05, 3.63) is 101 Å². The van der Waals surface area contributed by atoms with Gasteiger partial charge in [-0.15, -0.1) is 0 Å².